The van der Waals surface area contributed by atoms with Crippen LogP contribution in [0, 0.1) is 5.82 Å². The highest BCUT2D eigenvalue weighted by Gasteiger charge is 2.40. The number of amides is 1. The van der Waals surface area contributed by atoms with E-state index in [2.05, 4.69) is 32.3 Å². The molecule has 2 aromatic heterocycles. The van der Waals surface area contributed by atoms with Gasteiger partial charge in [-0.2, -0.15) is 0 Å². The largest absolute Gasteiger partial charge is 0.355 e. The van der Waals surface area contributed by atoms with E-state index in [0.717, 1.165) is 36.1 Å². The highest BCUT2D eigenvalue weighted by atomic mass is 19.1. The van der Waals surface area contributed by atoms with Gasteiger partial charge in [-0.25, -0.2) is 4.39 Å². The Balaban J connectivity index is 1.85. The van der Waals surface area contributed by atoms with Crippen molar-refractivity contribution in [2.24, 2.45) is 0 Å². The lowest BCUT2D eigenvalue weighted by Crippen LogP contribution is -2.46. The van der Waals surface area contributed by atoms with E-state index in [1.807, 2.05) is 43.6 Å². The molecule has 6 heteroatoms. The molecule has 0 aliphatic carbocycles. The number of benzene rings is 1. The topological polar surface area (TPSA) is 58.1 Å². The molecule has 0 bridgehead atoms. The number of likely N-dealkylation sites (tertiary alicyclic amines) is 1. The van der Waals surface area contributed by atoms with Crippen molar-refractivity contribution >= 4 is 5.91 Å². The third-order valence-corrected chi connectivity index (χ3v) is 5.92. The van der Waals surface area contributed by atoms with Crippen molar-refractivity contribution in [3.05, 3.63) is 95.8 Å². The Labute approximate surface area is 182 Å². The second-order valence-corrected chi connectivity index (χ2v) is 7.84. The lowest BCUT2D eigenvalue weighted by Gasteiger charge is -2.38. The molecule has 0 saturated carbocycles. The van der Waals surface area contributed by atoms with Crippen molar-refractivity contribution in [2.45, 2.75) is 37.8 Å². The number of halogens is 1. The van der Waals surface area contributed by atoms with Crippen LogP contribution in [0.4, 0.5) is 4.39 Å². The summed E-state index contributed by atoms with van der Waals surface area (Å²) in [6.45, 7) is 3.32. The summed E-state index contributed by atoms with van der Waals surface area (Å²) in [5, 5.41) is 2.99. The molecule has 31 heavy (non-hydrogen) atoms. The van der Waals surface area contributed by atoms with Crippen molar-refractivity contribution in [2.75, 3.05) is 13.1 Å². The van der Waals surface area contributed by atoms with E-state index < -0.39 is 0 Å². The van der Waals surface area contributed by atoms with Crippen molar-refractivity contribution in [3.8, 4) is 0 Å². The summed E-state index contributed by atoms with van der Waals surface area (Å²) in [7, 11) is 0. The van der Waals surface area contributed by atoms with Crippen LogP contribution in [-0.4, -0.2) is 39.9 Å². The zero-order chi connectivity index (χ0) is 21.6. The van der Waals surface area contributed by atoms with Gasteiger partial charge in [-0.15, -0.1) is 0 Å². The number of pyridine rings is 2. The summed E-state index contributed by atoms with van der Waals surface area (Å²) >= 11 is 0. The maximum atomic E-state index is 13.8. The van der Waals surface area contributed by atoms with Gasteiger partial charge in [0.15, 0.2) is 0 Å². The molecule has 1 fully saturated rings. The van der Waals surface area contributed by atoms with Gasteiger partial charge in [0.05, 0.1) is 6.04 Å². The van der Waals surface area contributed by atoms with Crippen LogP contribution in [0.3, 0.4) is 0 Å². The SMILES string of the molecule is CCNC(=O)C1CCCN1C(c1ccc(F)cc1)C(c1cccnc1)c1cccnc1. The van der Waals surface area contributed by atoms with E-state index in [0.29, 0.717) is 6.54 Å². The quantitative estimate of drug-likeness (QED) is 0.628. The van der Waals surface area contributed by atoms with E-state index in [9.17, 15) is 9.18 Å². The van der Waals surface area contributed by atoms with Gasteiger partial charge in [-0.05, 0) is 67.3 Å². The van der Waals surface area contributed by atoms with Gasteiger partial charge in [-0.1, -0.05) is 24.3 Å². The molecular formula is C25H27FN4O. The minimum absolute atomic E-state index is 0.0447. The average molecular weight is 419 g/mol. The fraction of sp³-hybridized carbons (Fsp3) is 0.320. The standard InChI is InChI=1S/C25H27FN4O/c1-2-29-25(31)22-8-5-15-30(22)24(18-9-11-21(26)12-10-18)23(19-6-3-13-27-16-19)20-7-4-14-28-17-20/h3-4,6-7,9-14,16-17,22-24H,2,5,8,15H2,1H3,(H,29,31). The van der Waals surface area contributed by atoms with Gasteiger partial charge < -0.3 is 5.32 Å². The third kappa shape index (κ3) is 4.64. The monoisotopic (exact) mass is 418 g/mol. The molecule has 5 nitrogen and oxygen atoms in total. The van der Waals surface area contributed by atoms with E-state index >= 15 is 0 Å². The summed E-state index contributed by atoms with van der Waals surface area (Å²) in [6, 6.07) is 14.2. The molecular weight excluding hydrogens is 391 g/mol. The molecule has 0 radical (unpaired) electrons. The number of nitrogens with zero attached hydrogens (tertiary/aromatic N) is 3. The second-order valence-electron chi connectivity index (χ2n) is 7.84. The minimum Gasteiger partial charge on any atom is -0.355 e. The van der Waals surface area contributed by atoms with Crippen molar-refractivity contribution in [1.82, 2.24) is 20.2 Å². The fourth-order valence-electron chi connectivity index (χ4n) is 4.61. The van der Waals surface area contributed by atoms with E-state index in [1.165, 1.54) is 12.1 Å². The Morgan fingerprint density at radius 2 is 1.71 bits per heavy atom. The highest BCUT2D eigenvalue weighted by molar-refractivity contribution is 5.82. The number of hydrogen-bond donors (Lipinski definition) is 1. The first-order chi connectivity index (χ1) is 15.2. The number of carbonyl (C=O) groups excluding carboxylic acids is 1. The first-order valence-electron chi connectivity index (χ1n) is 10.8. The number of nitrogens with one attached hydrogen (secondary N) is 1. The molecule has 1 N–H and O–H groups in total. The molecule has 3 heterocycles. The fourth-order valence-corrected chi connectivity index (χ4v) is 4.61. The van der Waals surface area contributed by atoms with E-state index in [4.69, 9.17) is 0 Å². The molecule has 3 aromatic rings. The average Bonchev–Trinajstić information content (AvgIpc) is 3.29. The van der Waals surface area contributed by atoms with Crippen LogP contribution in [0.2, 0.25) is 0 Å². The molecule has 1 aliphatic rings. The number of carbonyl (C=O) groups is 1. The summed E-state index contributed by atoms with van der Waals surface area (Å²) in [5.41, 5.74) is 3.04. The molecule has 1 amide bonds. The predicted molar refractivity (Wildman–Crippen MR) is 118 cm³/mol. The van der Waals surface area contributed by atoms with Gasteiger partial charge in [0.1, 0.15) is 5.82 Å². The van der Waals surface area contributed by atoms with Crippen LogP contribution in [0.5, 0.6) is 0 Å². The summed E-state index contributed by atoms with van der Waals surface area (Å²) < 4.78 is 13.8. The lowest BCUT2D eigenvalue weighted by molar-refractivity contribution is -0.126. The molecule has 2 atom stereocenters. The van der Waals surface area contributed by atoms with Gasteiger partial charge in [-0.3, -0.25) is 19.7 Å². The maximum absolute atomic E-state index is 13.8. The molecule has 1 aliphatic heterocycles. The molecule has 2 unspecified atom stereocenters. The third-order valence-electron chi connectivity index (χ3n) is 5.92. The van der Waals surface area contributed by atoms with Gasteiger partial charge >= 0.3 is 0 Å². The zero-order valence-electron chi connectivity index (χ0n) is 17.6. The normalized spacial score (nSPS) is 17.6. The first kappa shape index (κ1) is 21.1. The Hall–Kier alpha value is -3.12. The molecule has 1 aromatic carbocycles. The lowest BCUT2D eigenvalue weighted by atomic mass is 9.81. The Kier molecular flexibility index (Phi) is 6.67. The number of likely N-dealkylation sites (N-methyl/N-ethyl adjacent to an activating group) is 1. The summed E-state index contributed by atoms with van der Waals surface area (Å²) in [5.74, 6) is -0.338. The Bertz CT molecular complexity index is 942. The van der Waals surface area contributed by atoms with Crippen molar-refractivity contribution < 1.29 is 9.18 Å². The van der Waals surface area contributed by atoms with Gasteiger partial charge in [0.2, 0.25) is 5.91 Å². The van der Waals surface area contributed by atoms with Crippen LogP contribution in [-0.2, 0) is 4.79 Å². The highest BCUT2D eigenvalue weighted by Crippen LogP contribution is 2.43. The van der Waals surface area contributed by atoms with Gasteiger partial charge in [0, 0.05) is 43.3 Å². The van der Waals surface area contributed by atoms with Crippen LogP contribution in [0.1, 0.15) is 48.4 Å². The number of aromatic nitrogens is 2. The molecule has 0 spiro atoms. The van der Waals surface area contributed by atoms with Crippen molar-refractivity contribution in [1.29, 1.82) is 0 Å². The van der Waals surface area contributed by atoms with Crippen LogP contribution in [0.15, 0.2) is 73.3 Å². The number of hydrogen-bond acceptors (Lipinski definition) is 4. The maximum Gasteiger partial charge on any atom is 0.237 e. The predicted octanol–water partition coefficient (Wildman–Crippen LogP) is 4.09. The molecule has 4 rings (SSSR count). The second kappa shape index (κ2) is 9.79. The van der Waals surface area contributed by atoms with E-state index in [-0.39, 0.29) is 29.7 Å². The zero-order valence-corrected chi connectivity index (χ0v) is 17.6. The molecule has 1 saturated heterocycles. The first-order valence-corrected chi connectivity index (χ1v) is 10.8. The number of rotatable bonds is 7. The Morgan fingerprint density at radius 3 is 2.26 bits per heavy atom. The van der Waals surface area contributed by atoms with Gasteiger partial charge in [0.25, 0.3) is 0 Å². The van der Waals surface area contributed by atoms with Crippen molar-refractivity contribution in [3.63, 3.8) is 0 Å². The smallest absolute Gasteiger partial charge is 0.237 e. The van der Waals surface area contributed by atoms with E-state index in [1.54, 1.807) is 12.4 Å². The Morgan fingerprint density at radius 1 is 1.06 bits per heavy atom. The van der Waals surface area contributed by atoms with Crippen LogP contribution < -0.4 is 5.32 Å². The minimum atomic E-state index is -0.275. The van der Waals surface area contributed by atoms with Crippen LogP contribution in [0.25, 0.3) is 0 Å². The summed E-state index contributed by atoms with van der Waals surface area (Å²) in [4.78, 5) is 23.9. The molecule has 160 valence electrons. The summed E-state index contributed by atoms with van der Waals surface area (Å²) in [6.07, 6.45) is 8.98. The van der Waals surface area contributed by atoms with Crippen LogP contribution >= 0.6 is 0 Å².